The molecule has 0 saturated carbocycles. The molecule has 0 aliphatic carbocycles. The zero-order valence-electron chi connectivity index (χ0n) is 11.4. The molecule has 0 rings (SSSR count). The van der Waals surface area contributed by atoms with Crippen LogP contribution in [0.15, 0.2) is 4.40 Å². The summed E-state index contributed by atoms with van der Waals surface area (Å²) < 4.78 is 21.1. The van der Waals surface area contributed by atoms with Crippen LogP contribution < -0.4 is 0 Å². The highest BCUT2D eigenvalue weighted by atomic mass is 32.2. The predicted octanol–water partition coefficient (Wildman–Crippen LogP) is 3.32. The second-order valence-electron chi connectivity index (χ2n) is 4.89. The lowest BCUT2D eigenvalue weighted by Crippen LogP contribution is -2.24. The number of hydrogen-bond acceptors (Lipinski definition) is 2. The SMILES string of the molecule is CCC[C@H](CC)/C(=N/[S@](=O)C(C)(C)C)OC. The summed E-state index contributed by atoms with van der Waals surface area (Å²) >= 11 is 0. The zero-order chi connectivity index (χ0) is 12.8. The van der Waals surface area contributed by atoms with Crippen LogP contribution in [0.3, 0.4) is 0 Å². The van der Waals surface area contributed by atoms with Gasteiger partial charge in [0.1, 0.15) is 11.0 Å². The fourth-order valence-corrected chi connectivity index (χ4v) is 2.01. The molecule has 0 radical (unpaired) electrons. The molecule has 0 saturated heterocycles. The quantitative estimate of drug-likeness (QED) is 0.552. The molecule has 0 bridgehead atoms. The van der Waals surface area contributed by atoms with E-state index >= 15 is 0 Å². The molecule has 0 aromatic rings. The predicted molar refractivity (Wildman–Crippen MR) is 71.0 cm³/mol. The summed E-state index contributed by atoms with van der Waals surface area (Å²) in [7, 11) is 0.378. The van der Waals surface area contributed by atoms with E-state index in [1.807, 2.05) is 20.8 Å². The Morgan fingerprint density at radius 1 is 1.38 bits per heavy atom. The molecular weight excluding hydrogens is 222 g/mol. The van der Waals surface area contributed by atoms with Crippen molar-refractivity contribution in [2.75, 3.05) is 7.11 Å². The maximum Gasteiger partial charge on any atom is 0.200 e. The second kappa shape index (κ2) is 7.05. The molecule has 0 unspecified atom stereocenters. The Morgan fingerprint density at radius 2 is 1.94 bits per heavy atom. The molecule has 0 N–H and O–H groups in total. The van der Waals surface area contributed by atoms with Gasteiger partial charge in [0, 0.05) is 5.92 Å². The van der Waals surface area contributed by atoms with E-state index in [0.717, 1.165) is 19.3 Å². The van der Waals surface area contributed by atoms with Crippen LogP contribution in [0.1, 0.15) is 53.9 Å². The zero-order valence-corrected chi connectivity index (χ0v) is 12.2. The largest absolute Gasteiger partial charge is 0.483 e. The molecule has 0 heterocycles. The van der Waals surface area contributed by atoms with Crippen molar-refractivity contribution < 1.29 is 8.95 Å². The van der Waals surface area contributed by atoms with Gasteiger partial charge in [0.2, 0.25) is 0 Å². The van der Waals surface area contributed by atoms with Crippen molar-refractivity contribution in [1.82, 2.24) is 0 Å². The molecular formula is C12H25NO2S. The summed E-state index contributed by atoms with van der Waals surface area (Å²) in [6.45, 7) is 9.99. The average molecular weight is 247 g/mol. The van der Waals surface area contributed by atoms with E-state index in [0.29, 0.717) is 11.8 Å². The Hall–Kier alpha value is -0.380. The summed E-state index contributed by atoms with van der Waals surface area (Å²) in [6.07, 6.45) is 3.09. The molecule has 0 amide bonds. The minimum absolute atomic E-state index is 0.293. The lowest BCUT2D eigenvalue weighted by molar-refractivity contribution is 0.355. The van der Waals surface area contributed by atoms with Crippen molar-refractivity contribution in [2.24, 2.45) is 10.3 Å². The third kappa shape index (κ3) is 5.10. The fraction of sp³-hybridized carbons (Fsp3) is 0.917. The highest BCUT2D eigenvalue weighted by molar-refractivity contribution is 7.85. The first-order valence-corrected chi connectivity index (χ1v) is 7.02. The van der Waals surface area contributed by atoms with Crippen molar-refractivity contribution in [1.29, 1.82) is 0 Å². The van der Waals surface area contributed by atoms with Gasteiger partial charge in [0.05, 0.1) is 11.9 Å². The third-order valence-corrected chi connectivity index (χ3v) is 3.78. The molecule has 0 spiro atoms. The molecule has 0 aromatic heterocycles. The van der Waals surface area contributed by atoms with Crippen LogP contribution in [0, 0.1) is 5.92 Å². The van der Waals surface area contributed by atoms with Gasteiger partial charge in [-0.25, -0.2) is 4.21 Å². The maximum absolute atomic E-state index is 11.9. The van der Waals surface area contributed by atoms with Crippen LogP contribution in [0.2, 0.25) is 0 Å². The van der Waals surface area contributed by atoms with Gasteiger partial charge in [0.25, 0.3) is 0 Å². The second-order valence-corrected chi connectivity index (χ2v) is 6.79. The van der Waals surface area contributed by atoms with Gasteiger partial charge < -0.3 is 4.74 Å². The summed E-state index contributed by atoms with van der Waals surface area (Å²) in [5.74, 6) is 0.930. The number of ether oxygens (including phenoxy) is 1. The Kier molecular flexibility index (Phi) is 6.88. The summed E-state index contributed by atoms with van der Waals surface area (Å²) in [5.41, 5.74) is 0. The minimum atomic E-state index is -1.23. The van der Waals surface area contributed by atoms with E-state index in [1.165, 1.54) is 0 Å². The molecule has 0 aliphatic heterocycles. The Labute approximate surface area is 102 Å². The van der Waals surface area contributed by atoms with Crippen molar-refractivity contribution in [3.63, 3.8) is 0 Å². The summed E-state index contributed by atoms with van der Waals surface area (Å²) in [5, 5.41) is 0. The highest BCUT2D eigenvalue weighted by Crippen LogP contribution is 2.18. The number of methoxy groups -OCH3 is 1. The van der Waals surface area contributed by atoms with Crippen molar-refractivity contribution >= 4 is 16.9 Å². The van der Waals surface area contributed by atoms with E-state index in [1.54, 1.807) is 7.11 Å². The van der Waals surface area contributed by atoms with Crippen LogP contribution in [0.4, 0.5) is 0 Å². The molecule has 4 heteroatoms. The lowest BCUT2D eigenvalue weighted by atomic mass is 10.0. The first-order valence-electron chi connectivity index (χ1n) is 5.91. The number of hydrogen-bond donors (Lipinski definition) is 0. The summed E-state index contributed by atoms with van der Waals surface area (Å²) in [6, 6.07) is 0. The molecule has 0 aromatic carbocycles. The Morgan fingerprint density at radius 3 is 2.25 bits per heavy atom. The molecule has 0 fully saturated rings. The Balaban J connectivity index is 4.82. The molecule has 16 heavy (non-hydrogen) atoms. The van der Waals surface area contributed by atoms with E-state index in [2.05, 4.69) is 18.2 Å². The van der Waals surface area contributed by atoms with E-state index < -0.39 is 11.0 Å². The molecule has 96 valence electrons. The van der Waals surface area contributed by atoms with Gasteiger partial charge in [-0.3, -0.25) is 0 Å². The Bertz CT molecular complexity index is 256. The van der Waals surface area contributed by atoms with Crippen LogP contribution in [-0.4, -0.2) is 22.0 Å². The first-order chi connectivity index (χ1) is 7.36. The van der Waals surface area contributed by atoms with Crippen LogP contribution in [-0.2, 0) is 15.7 Å². The molecule has 0 aliphatic rings. The third-order valence-electron chi connectivity index (χ3n) is 2.39. The highest BCUT2D eigenvalue weighted by Gasteiger charge is 2.22. The lowest BCUT2D eigenvalue weighted by Gasteiger charge is -2.18. The molecule has 2 atom stereocenters. The van der Waals surface area contributed by atoms with E-state index in [-0.39, 0.29) is 4.75 Å². The summed E-state index contributed by atoms with van der Waals surface area (Å²) in [4.78, 5) is 0. The van der Waals surface area contributed by atoms with Gasteiger partial charge in [-0.2, -0.15) is 4.40 Å². The topological polar surface area (TPSA) is 38.7 Å². The number of nitrogens with zero attached hydrogens (tertiary/aromatic N) is 1. The normalized spacial score (nSPS) is 17.0. The monoisotopic (exact) mass is 247 g/mol. The fourth-order valence-electron chi connectivity index (χ4n) is 1.35. The van der Waals surface area contributed by atoms with Crippen molar-refractivity contribution in [3.8, 4) is 0 Å². The van der Waals surface area contributed by atoms with E-state index in [9.17, 15) is 4.21 Å². The van der Waals surface area contributed by atoms with Crippen molar-refractivity contribution in [2.45, 2.75) is 58.6 Å². The first kappa shape index (κ1) is 15.6. The van der Waals surface area contributed by atoms with Crippen molar-refractivity contribution in [3.05, 3.63) is 0 Å². The average Bonchev–Trinajstić information content (AvgIpc) is 2.21. The van der Waals surface area contributed by atoms with Crippen LogP contribution in [0.5, 0.6) is 0 Å². The van der Waals surface area contributed by atoms with E-state index in [4.69, 9.17) is 4.74 Å². The van der Waals surface area contributed by atoms with Gasteiger partial charge >= 0.3 is 0 Å². The smallest absolute Gasteiger partial charge is 0.200 e. The number of rotatable bonds is 5. The van der Waals surface area contributed by atoms with Gasteiger partial charge in [-0.1, -0.05) is 20.3 Å². The van der Waals surface area contributed by atoms with Crippen LogP contribution in [0.25, 0.3) is 0 Å². The van der Waals surface area contributed by atoms with Gasteiger partial charge in [-0.15, -0.1) is 0 Å². The van der Waals surface area contributed by atoms with Gasteiger partial charge in [-0.05, 0) is 33.6 Å². The van der Waals surface area contributed by atoms with Gasteiger partial charge in [0.15, 0.2) is 5.90 Å². The maximum atomic E-state index is 11.9. The molecule has 3 nitrogen and oxygen atoms in total. The standard InChI is InChI=1S/C12H25NO2S/c1-7-9-10(8-2)11(15-6)13-16(14)12(3,4)5/h10H,7-9H2,1-6H3/b13-11-/t10-,16+/m0/s1. The minimum Gasteiger partial charge on any atom is -0.483 e. The van der Waals surface area contributed by atoms with Crippen LogP contribution >= 0.6 is 0 Å².